The van der Waals surface area contributed by atoms with Crippen LogP contribution in [0.4, 0.5) is 0 Å². The summed E-state index contributed by atoms with van der Waals surface area (Å²) in [6.45, 7) is -0.261. The molecule has 0 aliphatic carbocycles. The molecule has 0 bridgehead atoms. The van der Waals surface area contributed by atoms with Crippen LogP contribution < -0.4 is 10.7 Å². The maximum absolute atomic E-state index is 12.0. The van der Waals surface area contributed by atoms with E-state index in [9.17, 15) is 14.7 Å². The smallest absolute Gasteiger partial charge is 0.259 e. The van der Waals surface area contributed by atoms with Gasteiger partial charge in [-0.15, -0.1) is 0 Å². The second-order valence-electron chi connectivity index (χ2n) is 5.68. The molecule has 27 heavy (non-hydrogen) atoms. The van der Waals surface area contributed by atoms with E-state index in [2.05, 4.69) is 15.8 Å². The minimum Gasteiger partial charge on any atom is -0.507 e. The lowest BCUT2D eigenvalue weighted by Crippen LogP contribution is -2.35. The fourth-order valence-corrected chi connectivity index (χ4v) is 2.75. The van der Waals surface area contributed by atoms with Crippen molar-refractivity contribution in [2.75, 3.05) is 6.54 Å². The average Bonchev–Trinajstić information content (AvgIpc) is 2.68. The number of amides is 2. The summed E-state index contributed by atoms with van der Waals surface area (Å²) < 4.78 is 0. The molecular formula is C20H16ClN3O3. The number of phenols is 1. The molecule has 3 aromatic rings. The Balaban J connectivity index is 1.61. The molecule has 0 unspecified atom stereocenters. The molecule has 2 amide bonds. The highest BCUT2D eigenvalue weighted by molar-refractivity contribution is 6.33. The molecule has 0 spiro atoms. The summed E-state index contributed by atoms with van der Waals surface area (Å²) in [7, 11) is 0. The molecule has 0 aliphatic rings. The van der Waals surface area contributed by atoms with Crippen molar-refractivity contribution in [1.29, 1.82) is 0 Å². The predicted octanol–water partition coefficient (Wildman–Crippen LogP) is 3.08. The SMILES string of the molecule is O=C(CNC(=O)c1ccccc1Cl)N/N=C/c1c(O)ccc2ccccc12. The summed E-state index contributed by atoms with van der Waals surface area (Å²) in [6, 6.07) is 17.4. The van der Waals surface area contributed by atoms with Gasteiger partial charge in [-0.2, -0.15) is 5.10 Å². The number of aromatic hydroxyl groups is 1. The Bertz CT molecular complexity index is 1030. The van der Waals surface area contributed by atoms with E-state index in [1.807, 2.05) is 24.3 Å². The number of hydrogen-bond donors (Lipinski definition) is 3. The average molecular weight is 382 g/mol. The third-order valence-electron chi connectivity index (χ3n) is 3.86. The largest absolute Gasteiger partial charge is 0.507 e. The monoisotopic (exact) mass is 381 g/mol. The summed E-state index contributed by atoms with van der Waals surface area (Å²) >= 11 is 5.94. The van der Waals surface area contributed by atoms with Crippen molar-refractivity contribution >= 4 is 40.4 Å². The number of phenolic OH excluding ortho intramolecular Hbond substituents is 1. The van der Waals surface area contributed by atoms with Crippen LogP contribution in [0, 0.1) is 0 Å². The van der Waals surface area contributed by atoms with Crippen molar-refractivity contribution in [2.45, 2.75) is 0 Å². The fourth-order valence-electron chi connectivity index (χ4n) is 2.53. The summed E-state index contributed by atoms with van der Waals surface area (Å²) in [5, 5.41) is 18.4. The molecule has 0 atom stereocenters. The molecule has 3 N–H and O–H groups in total. The van der Waals surface area contributed by atoms with E-state index >= 15 is 0 Å². The Morgan fingerprint density at radius 2 is 1.78 bits per heavy atom. The van der Waals surface area contributed by atoms with Gasteiger partial charge in [0.15, 0.2) is 0 Å². The van der Waals surface area contributed by atoms with E-state index in [1.54, 1.807) is 36.4 Å². The van der Waals surface area contributed by atoms with Crippen LogP contribution in [0.3, 0.4) is 0 Å². The minimum absolute atomic E-state index is 0.0544. The molecule has 0 radical (unpaired) electrons. The number of carbonyl (C=O) groups excluding carboxylic acids is 2. The normalized spacial score (nSPS) is 10.9. The third kappa shape index (κ3) is 4.43. The van der Waals surface area contributed by atoms with Crippen LogP contribution in [-0.2, 0) is 4.79 Å². The van der Waals surface area contributed by atoms with Gasteiger partial charge in [0.2, 0.25) is 0 Å². The van der Waals surface area contributed by atoms with Crippen LogP contribution in [0.5, 0.6) is 5.75 Å². The number of hydrogen-bond acceptors (Lipinski definition) is 4. The van der Waals surface area contributed by atoms with Crippen LogP contribution >= 0.6 is 11.6 Å². The number of hydrazone groups is 1. The Hall–Kier alpha value is -3.38. The molecule has 0 saturated carbocycles. The Morgan fingerprint density at radius 3 is 2.59 bits per heavy atom. The zero-order valence-electron chi connectivity index (χ0n) is 14.1. The zero-order valence-corrected chi connectivity index (χ0v) is 14.9. The van der Waals surface area contributed by atoms with E-state index in [-0.39, 0.29) is 17.9 Å². The molecule has 0 saturated heterocycles. The van der Waals surface area contributed by atoms with Crippen LogP contribution in [0.2, 0.25) is 5.02 Å². The van der Waals surface area contributed by atoms with Crippen molar-refractivity contribution in [1.82, 2.24) is 10.7 Å². The predicted molar refractivity (Wildman–Crippen MR) is 105 cm³/mol. The molecule has 0 heterocycles. The van der Waals surface area contributed by atoms with Gasteiger partial charge < -0.3 is 10.4 Å². The Kier molecular flexibility index (Phi) is 5.68. The number of fused-ring (bicyclic) bond motifs is 1. The molecular weight excluding hydrogens is 366 g/mol. The van der Waals surface area contributed by atoms with Crippen LogP contribution in [0.25, 0.3) is 10.8 Å². The molecule has 3 rings (SSSR count). The van der Waals surface area contributed by atoms with Crippen molar-refractivity contribution < 1.29 is 14.7 Å². The summed E-state index contributed by atoms with van der Waals surface area (Å²) in [5.74, 6) is -0.906. The van der Waals surface area contributed by atoms with E-state index < -0.39 is 11.8 Å². The molecule has 0 aromatic heterocycles. The highest BCUT2D eigenvalue weighted by atomic mass is 35.5. The van der Waals surface area contributed by atoms with Gasteiger partial charge in [-0.05, 0) is 29.0 Å². The highest BCUT2D eigenvalue weighted by Gasteiger charge is 2.10. The van der Waals surface area contributed by atoms with Gasteiger partial charge in [-0.1, -0.05) is 54.1 Å². The Morgan fingerprint density at radius 1 is 1.04 bits per heavy atom. The third-order valence-corrected chi connectivity index (χ3v) is 4.19. The van der Waals surface area contributed by atoms with Crippen molar-refractivity contribution in [3.63, 3.8) is 0 Å². The first-order valence-electron chi connectivity index (χ1n) is 8.11. The first kappa shape index (κ1) is 18.4. The lowest BCUT2D eigenvalue weighted by Gasteiger charge is -2.06. The quantitative estimate of drug-likeness (QED) is 0.468. The zero-order chi connectivity index (χ0) is 19.2. The first-order chi connectivity index (χ1) is 13.1. The number of benzene rings is 3. The van der Waals surface area contributed by atoms with Crippen LogP contribution in [-0.4, -0.2) is 29.7 Å². The van der Waals surface area contributed by atoms with Gasteiger partial charge in [-0.25, -0.2) is 5.43 Å². The van der Waals surface area contributed by atoms with Crippen LogP contribution in [0.15, 0.2) is 65.8 Å². The highest BCUT2D eigenvalue weighted by Crippen LogP contribution is 2.25. The maximum Gasteiger partial charge on any atom is 0.259 e. The number of halogens is 1. The van der Waals surface area contributed by atoms with Crippen molar-refractivity contribution in [3.05, 3.63) is 76.8 Å². The van der Waals surface area contributed by atoms with Gasteiger partial charge in [0.25, 0.3) is 11.8 Å². The molecule has 6 nitrogen and oxygen atoms in total. The number of rotatable bonds is 5. The lowest BCUT2D eigenvalue weighted by molar-refractivity contribution is -0.120. The molecule has 0 aliphatic heterocycles. The standard InChI is InChI=1S/C20H16ClN3O3/c21-17-8-4-3-7-15(17)20(27)22-12-19(26)24-23-11-16-14-6-2-1-5-13(14)9-10-18(16)25/h1-11,25H,12H2,(H,22,27)(H,24,26)/b23-11+. The molecule has 3 aromatic carbocycles. The van der Waals surface area contributed by atoms with E-state index in [4.69, 9.17) is 11.6 Å². The van der Waals surface area contributed by atoms with E-state index in [0.29, 0.717) is 10.6 Å². The van der Waals surface area contributed by atoms with E-state index in [0.717, 1.165) is 10.8 Å². The Labute approximate surface area is 160 Å². The van der Waals surface area contributed by atoms with Crippen molar-refractivity contribution in [3.8, 4) is 5.75 Å². The number of carbonyl (C=O) groups is 2. The van der Waals surface area contributed by atoms with Gasteiger partial charge in [0.05, 0.1) is 23.3 Å². The van der Waals surface area contributed by atoms with Gasteiger partial charge >= 0.3 is 0 Å². The number of nitrogens with zero attached hydrogens (tertiary/aromatic N) is 1. The lowest BCUT2D eigenvalue weighted by atomic mass is 10.0. The minimum atomic E-state index is -0.508. The van der Waals surface area contributed by atoms with Gasteiger partial charge in [0, 0.05) is 5.56 Å². The maximum atomic E-state index is 12.0. The summed E-state index contributed by atoms with van der Waals surface area (Å²) in [4.78, 5) is 23.9. The molecule has 7 heteroatoms. The van der Waals surface area contributed by atoms with Crippen molar-refractivity contribution in [2.24, 2.45) is 5.10 Å². The fraction of sp³-hybridized carbons (Fsp3) is 0.0500. The van der Waals surface area contributed by atoms with E-state index in [1.165, 1.54) is 6.21 Å². The van der Waals surface area contributed by atoms with Gasteiger partial charge in [-0.3, -0.25) is 9.59 Å². The molecule has 136 valence electrons. The summed E-state index contributed by atoms with van der Waals surface area (Å²) in [6.07, 6.45) is 1.37. The van der Waals surface area contributed by atoms with Gasteiger partial charge in [0.1, 0.15) is 5.75 Å². The second-order valence-corrected chi connectivity index (χ2v) is 6.08. The number of nitrogens with one attached hydrogen (secondary N) is 2. The second kappa shape index (κ2) is 8.33. The first-order valence-corrected chi connectivity index (χ1v) is 8.49. The topological polar surface area (TPSA) is 90.8 Å². The molecule has 0 fully saturated rings. The van der Waals surface area contributed by atoms with Crippen LogP contribution in [0.1, 0.15) is 15.9 Å². The summed E-state index contributed by atoms with van der Waals surface area (Å²) in [5.41, 5.74) is 3.10.